The van der Waals surface area contributed by atoms with Crippen LogP contribution < -0.4 is 5.06 Å². The fourth-order valence-electron chi connectivity index (χ4n) is 2.29. The summed E-state index contributed by atoms with van der Waals surface area (Å²) in [5.41, 5.74) is 1.21. The number of fused-ring (bicyclic) bond motifs is 2. The maximum Gasteiger partial charge on any atom is 0.335 e. The summed E-state index contributed by atoms with van der Waals surface area (Å²) >= 11 is 0. The summed E-state index contributed by atoms with van der Waals surface area (Å²) < 4.78 is 0. The average Bonchev–Trinajstić information content (AvgIpc) is 2.40. The first-order valence-corrected chi connectivity index (χ1v) is 5.72. The smallest absolute Gasteiger partial charge is 0.335 e. The van der Waals surface area contributed by atoms with E-state index in [-0.39, 0.29) is 12.1 Å². The topological polar surface area (TPSA) is 49.8 Å². The van der Waals surface area contributed by atoms with Crippen LogP contribution in [0.4, 0.5) is 5.69 Å². The minimum atomic E-state index is -0.905. The van der Waals surface area contributed by atoms with Gasteiger partial charge in [0.25, 0.3) is 0 Å². The number of hydrogen-bond donors (Lipinski definition) is 1. The van der Waals surface area contributed by atoms with Crippen molar-refractivity contribution in [2.45, 2.75) is 25.0 Å². The minimum Gasteiger partial charge on any atom is -0.478 e. The molecule has 0 spiro atoms. The van der Waals surface area contributed by atoms with Gasteiger partial charge in [0.15, 0.2) is 0 Å². The molecule has 1 aromatic rings. The van der Waals surface area contributed by atoms with E-state index in [1.807, 2.05) is 5.06 Å². The van der Waals surface area contributed by atoms with Crippen molar-refractivity contribution in [3.63, 3.8) is 0 Å². The first kappa shape index (κ1) is 10.4. The number of benzene rings is 1. The molecule has 1 saturated heterocycles. The number of aromatic carboxylic acids is 1. The van der Waals surface area contributed by atoms with Crippen LogP contribution in [0.5, 0.6) is 0 Å². The molecule has 88 valence electrons. The van der Waals surface area contributed by atoms with Crippen molar-refractivity contribution in [3.8, 4) is 0 Å². The molecule has 1 aromatic carbocycles. The van der Waals surface area contributed by atoms with Crippen molar-refractivity contribution < 1.29 is 14.7 Å². The number of hydroxylamine groups is 1. The van der Waals surface area contributed by atoms with Crippen molar-refractivity contribution in [1.29, 1.82) is 0 Å². The Labute approximate surface area is 99.1 Å². The molecule has 0 amide bonds. The predicted octanol–water partition coefficient (Wildman–Crippen LogP) is 2.22. The lowest BCUT2D eigenvalue weighted by Crippen LogP contribution is -2.45. The van der Waals surface area contributed by atoms with Crippen molar-refractivity contribution in [3.05, 3.63) is 42.0 Å². The summed E-state index contributed by atoms with van der Waals surface area (Å²) in [6.45, 7) is 0. The number of hydrogen-bond acceptors (Lipinski definition) is 3. The first-order chi connectivity index (χ1) is 8.24. The van der Waals surface area contributed by atoms with Gasteiger partial charge in [-0.25, -0.2) is 9.86 Å². The normalized spacial score (nSPS) is 26.2. The second-order valence-electron chi connectivity index (χ2n) is 4.35. The molecule has 1 N–H and O–H groups in total. The third kappa shape index (κ3) is 1.80. The Morgan fingerprint density at radius 2 is 2.00 bits per heavy atom. The van der Waals surface area contributed by atoms with Crippen LogP contribution in [0.25, 0.3) is 0 Å². The van der Waals surface area contributed by atoms with E-state index in [1.165, 1.54) is 0 Å². The van der Waals surface area contributed by atoms with Crippen LogP contribution in [0.3, 0.4) is 0 Å². The van der Waals surface area contributed by atoms with Crippen molar-refractivity contribution in [2.24, 2.45) is 0 Å². The molecule has 0 radical (unpaired) electrons. The van der Waals surface area contributed by atoms with Gasteiger partial charge in [0.2, 0.25) is 0 Å². The van der Waals surface area contributed by atoms with Gasteiger partial charge in [0, 0.05) is 0 Å². The van der Waals surface area contributed by atoms with Crippen LogP contribution in [0.15, 0.2) is 36.4 Å². The fraction of sp³-hybridized carbons (Fsp3) is 0.308. The summed E-state index contributed by atoms with van der Waals surface area (Å²) in [5.74, 6) is -0.905. The zero-order valence-electron chi connectivity index (χ0n) is 9.24. The molecule has 1 aliphatic carbocycles. The van der Waals surface area contributed by atoms with E-state index in [9.17, 15) is 4.79 Å². The standard InChI is InChI=1S/C13H13NO3/c15-13(16)9-1-3-10(4-2-9)14-11-5-7-12(17-14)8-6-11/h1-5,7,11-12H,6,8H2,(H,15,16). The lowest BCUT2D eigenvalue weighted by Gasteiger charge is -2.41. The number of anilines is 1. The number of rotatable bonds is 2. The zero-order chi connectivity index (χ0) is 11.8. The van der Waals surface area contributed by atoms with Crippen molar-refractivity contribution in [1.82, 2.24) is 0 Å². The molecular formula is C13H13NO3. The lowest BCUT2D eigenvalue weighted by molar-refractivity contribution is 0.00351. The molecule has 4 rings (SSSR count). The Hall–Kier alpha value is -1.81. The van der Waals surface area contributed by atoms with E-state index in [1.54, 1.807) is 24.3 Å². The molecule has 0 aromatic heterocycles. The van der Waals surface area contributed by atoms with Crippen molar-refractivity contribution >= 4 is 11.7 Å². The van der Waals surface area contributed by atoms with Crippen molar-refractivity contribution in [2.75, 3.05) is 5.06 Å². The molecule has 2 bridgehead atoms. The first-order valence-electron chi connectivity index (χ1n) is 5.72. The fourth-order valence-corrected chi connectivity index (χ4v) is 2.29. The largest absolute Gasteiger partial charge is 0.478 e. The maximum atomic E-state index is 10.8. The highest BCUT2D eigenvalue weighted by Crippen LogP contribution is 2.31. The Bertz CT molecular complexity index is 466. The second kappa shape index (κ2) is 3.89. The number of carboxylic acid groups (broad SMARTS) is 1. The summed E-state index contributed by atoms with van der Waals surface area (Å²) in [4.78, 5) is 16.5. The molecule has 2 unspecified atom stereocenters. The van der Waals surface area contributed by atoms with E-state index >= 15 is 0 Å². The maximum absolute atomic E-state index is 10.8. The average molecular weight is 231 g/mol. The summed E-state index contributed by atoms with van der Waals surface area (Å²) in [7, 11) is 0. The Morgan fingerprint density at radius 3 is 2.47 bits per heavy atom. The van der Waals surface area contributed by atoms with Crippen LogP contribution in [0.1, 0.15) is 23.2 Å². The quantitative estimate of drug-likeness (QED) is 0.793. The minimum absolute atomic E-state index is 0.166. The molecule has 2 aliphatic heterocycles. The molecule has 2 atom stereocenters. The summed E-state index contributed by atoms with van der Waals surface area (Å²) in [6.07, 6.45) is 6.56. The van der Waals surface area contributed by atoms with Gasteiger partial charge < -0.3 is 5.11 Å². The van der Waals surface area contributed by atoms with E-state index < -0.39 is 5.97 Å². The van der Waals surface area contributed by atoms with Gasteiger partial charge in [-0.3, -0.25) is 4.84 Å². The number of nitrogens with zero attached hydrogens (tertiary/aromatic N) is 1. The molecule has 1 fully saturated rings. The Kier molecular flexibility index (Phi) is 2.37. The van der Waals surface area contributed by atoms with Crippen LogP contribution in [0, 0.1) is 0 Å². The highest BCUT2D eigenvalue weighted by Gasteiger charge is 2.31. The number of carbonyl (C=O) groups is 1. The van der Waals surface area contributed by atoms with Crippen LogP contribution in [-0.2, 0) is 4.84 Å². The molecule has 17 heavy (non-hydrogen) atoms. The monoisotopic (exact) mass is 231 g/mol. The third-order valence-electron chi connectivity index (χ3n) is 3.21. The zero-order valence-corrected chi connectivity index (χ0v) is 9.24. The molecule has 3 aliphatic rings. The SMILES string of the molecule is O=C(O)c1ccc(N2OC3C=CC2CC3)cc1. The van der Waals surface area contributed by atoms with Crippen LogP contribution >= 0.6 is 0 Å². The van der Waals surface area contributed by atoms with Gasteiger partial charge in [-0.05, 0) is 37.1 Å². The van der Waals surface area contributed by atoms with Gasteiger partial charge in [-0.2, -0.15) is 0 Å². The summed E-state index contributed by atoms with van der Waals surface area (Å²) in [5, 5.41) is 10.7. The van der Waals surface area contributed by atoms with Crippen LogP contribution in [-0.4, -0.2) is 23.2 Å². The molecule has 4 nitrogen and oxygen atoms in total. The van der Waals surface area contributed by atoms with Crippen LogP contribution in [0.2, 0.25) is 0 Å². The number of carboxylic acids is 1. The van der Waals surface area contributed by atoms with Gasteiger partial charge in [0.1, 0.15) is 6.10 Å². The Balaban J connectivity index is 1.85. The molecular weight excluding hydrogens is 218 g/mol. The van der Waals surface area contributed by atoms with E-state index in [0.29, 0.717) is 5.56 Å². The Morgan fingerprint density at radius 1 is 1.24 bits per heavy atom. The van der Waals surface area contributed by atoms with Gasteiger partial charge >= 0.3 is 5.97 Å². The molecule has 0 saturated carbocycles. The predicted molar refractivity (Wildman–Crippen MR) is 62.9 cm³/mol. The summed E-state index contributed by atoms with van der Waals surface area (Å²) in [6, 6.07) is 7.06. The van der Waals surface area contributed by atoms with E-state index in [0.717, 1.165) is 18.5 Å². The second-order valence-corrected chi connectivity index (χ2v) is 4.35. The molecule has 4 heteroatoms. The lowest BCUT2D eigenvalue weighted by atomic mass is 9.98. The van der Waals surface area contributed by atoms with Gasteiger partial charge in [-0.1, -0.05) is 12.2 Å². The van der Waals surface area contributed by atoms with Gasteiger partial charge in [0.05, 0.1) is 17.3 Å². The highest BCUT2D eigenvalue weighted by molar-refractivity contribution is 5.88. The highest BCUT2D eigenvalue weighted by atomic mass is 16.7. The molecule has 2 heterocycles. The van der Waals surface area contributed by atoms with E-state index in [2.05, 4.69) is 12.2 Å². The van der Waals surface area contributed by atoms with Gasteiger partial charge in [-0.15, -0.1) is 0 Å². The third-order valence-corrected chi connectivity index (χ3v) is 3.21. The van der Waals surface area contributed by atoms with E-state index in [4.69, 9.17) is 9.94 Å².